The van der Waals surface area contributed by atoms with Crippen LogP contribution in [0.15, 0.2) is 48.6 Å². The molecule has 6 heterocycles. The molecule has 68 heavy (non-hydrogen) atoms. The number of hydrogen-bond acceptors (Lipinski definition) is 16. The molecule has 6 saturated heterocycles. The van der Waals surface area contributed by atoms with Crippen molar-refractivity contribution in [2.24, 2.45) is 23.7 Å². The number of allylic oxidation sites excluding steroid dienone is 2. The van der Waals surface area contributed by atoms with E-state index in [9.17, 15) is 24.8 Å². The van der Waals surface area contributed by atoms with Gasteiger partial charge in [-0.1, -0.05) is 59.4 Å². The van der Waals surface area contributed by atoms with Gasteiger partial charge in [0.15, 0.2) is 0 Å². The summed E-state index contributed by atoms with van der Waals surface area (Å²) in [6, 6.07) is 5.24. The zero-order valence-corrected chi connectivity index (χ0v) is 41.2. The Morgan fingerprint density at radius 1 is 0.838 bits per heavy atom. The second-order valence-electron chi connectivity index (χ2n) is 19.5. The number of hydrogen-bond donors (Lipinski definition) is 3. The Morgan fingerprint density at radius 2 is 1.26 bits per heavy atom. The van der Waals surface area contributed by atoms with Crippen LogP contribution in [-0.2, 0) is 37.9 Å². The van der Waals surface area contributed by atoms with E-state index >= 15 is 0 Å². The van der Waals surface area contributed by atoms with Crippen LogP contribution in [0.5, 0.6) is 5.75 Å². The van der Waals surface area contributed by atoms with Gasteiger partial charge in [-0.25, -0.2) is 9.59 Å². The first-order valence-electron chi connectivity index (χ1n) is 23.1. The molecule has 6 aliphatic heterocycles. The zero-order valence-electron chi connectivity index (χ0n) is 39.7. The maximum absolute atomic E-state index is 12.4. The van der Waals surface area contributed by atoms with Crippen molar-refractivity contribution in [1.82, 2.24) is 10.2 Å². The van der Waals surface area contributed by atoms with Gasteiger partial charge in [0.1, 0.15) is 64.8 Å². The summed E-state index contributed by atoms with van der Waals surface area (Å²) in [6.45, 7) is 16.3. The number of epoxide rings is 4. The molecule has 8 aliphatic rings. The van der Waals surface area contributed by atoms with Crippen molar-refractivity contribution in [3.05, 3.63) is 58.7 Å². The van der Waals surface area contributed by atoms with E-state index in [1.54, 1.807) is 14.2 Å². The van der Waals surface area contributed by atoms with Crippen LogP contribution in [0.4, 0.5) is 15.3 Å². The number of methoxy groups -OCH3 is 2. The molecule has 3 N–H and O–H groups in total. The number of β-amino-alcohol motifs (C(OH)–C–C–N with tert-alkyl or cyclic N) is 2. The maximum Gasteiger partial charge on any atom is 0.514 e. The summed E-state index contributed by atoms with van der Waals surface area (Å²) < 4.78 is 52.3. The van der Waals surface area contributed by atoms with E-state index in [1.165, 1.54) is 29.2 Å². The van der Waals surface area contributed by atoms with Gasteiger partial charge in [-0.15, -0.1) is 23.2 Å². The van der Waals surface area contributed by atoms with Crippen molar-refractivity contribution < 1.29 is 67.4 Å². The average molecular weight is 1000 g/mol. The quantitative estimate of drug-likeness (QED) is 0.0373. The topological polar surface area (TPSA) is 229 Å². The van der Waals surface area contributed by atoms with Gasteiger partial charge in [0.25, 0.3) is 5.69 Å². The van der Waals surface area contributed by atoms with E-state index in [4.69, 9.17) is 70.9 Å². The summed E-state index contributed by atoms with van der Waals surface area (Å²) in [5.41, 5.74) is -1.48. The molecule has 2 unspecified atom stereocenters. The molecule has 1 aromatic rings. The van der Waals surface area contributed by atoms with Crippen molar-refractivity contribution in [2.45, 2.75) is 146 Å². The molecule has 0 bridgehead atoms. The molecule has 18 nitrogen and oxygen atoms in total. The van der Waals surface area contributed by atoms with E-state index in [0.29, 0.717) is 51.0 Å². The Labute approximate surface area is 410 Å². The highest BCUT2D eigenvalue weighted by atomic mass is 35.5. The number of halogens is 2. The Hall–Kier alpha value is -3.14. The van der Waals surface area contributed by atoms with Crippen molar-refractivity contribution >= 4 is 41.1 Å². The number of aliphatic hydroxyl groups excluding tert-OH is 2. The van der Waals surface area contributed by atoms with Crippen LogP contribution in [-0.4, -0.2) is 162 Å². The van der Waals surface area contributed by atoms with Crippen molar-refractivity contribution in [3.8, 4) is 5.75 Å². The van der Waals surface area contributed by atoms with Gasteiger partial charge in [0.05, 0.1) is 60.6 Å². The second kappa shape index (κ2) is 23.4. The number of nitrogens with one attached hydrogen (secondary N) is 1. The highest BCUT2D eigenvalue weighted by molar-refractivity contribution is 6.40. The number of carbonyl (C=O) groups excluding carboxylic acids is 2. The third-order valence-electron chi connectivity index (χ3n) is 13.8. The van der Waals surface area contributed by atoms with Gasteiger partial charge < -0.3 is 63.1 Å². The Balaban J connectivity index is 0.000000218. The number of likely N-dealkylation sites (tertiary alicyclic amines) is 1. The Kier molecular flexibility index (Phi) is 19.2. The Bertz CT molecular complexity index is 1890. The number of amides is 1. The molecule has 0 radical (unpaired) electrons. The number of rotatable bonds is 12. The lowest BCUT2D eigenvalue weighted by molar-refractivity contribution is -0.384. The summed E-state index contributed by atoms with van der Waals surface area (Å²) in [5, 5.41) is 31.7. The highest BCUT2D eigenvalue weighted by Gasteiger charge is 2.73. The first-order valence-corrected chi connectivity index (χ1v) is 24.2. The normalized spacial score (nSPS) is 36.5. The van der Waals surface area contributed by atoms with Crippen LogP contribution in [0.3, 0.4) is 0 Å². The van der Waals surface area contributed by atoms with Gasteiger partial charge in [-0.05, 0) is 63.5 Å². The zero-order chi connectivity index (χ0) is 48.9. The van der Waals surface area contributed by atoms with Crippen LogP contribution >= 0.6 is 23.2 Å². The van der Waals surface area contributed by atoms with Crippen molar-refractivity contribution in [1.29, 1.82) is 0 Å². The standard InChI is InChI=1S/C23H29NO8.C20H31NO6.C3H7NO.CH2Cl2.CH4/c1-14(2)5-10-18-22(3,32-18)20-19(28-4)17(11-12-23(20)13-29-23)31-21(25)30-16-8-6-15(7-9-16)24(26)27;1-12(2)5-6-15-19(3,27-15)17-16(24-4)14(7-8-20(17)11-25-20)26-18(23)21-9-13(22)10-21;5-3-1-4-2-3;2-1-3;/h5-10,14,17-20H,11-13H2,1-4H3;5-6,12-17,22H,7-11H2,1-4H3;3-5H,1-2H2;1H2;1H4/b10-5+;6-5+;;;/t17-,18-,19-,20?,22-,23+;14-,15-,16-,17?,19-,20+;;;/m11.../s1. The predicted octanol–water partition coefficient (Wildman–Crippen LogP) is 6.78. The summed E-state index contributed by atoms with van der Waals surface area (Å²) in [5.74, 6) is 0.956. The summed E-state index contributed by atoms with van der Waals surface area (Å²) in [6.07, 6.45) is 8.02. The number of nitrogens with zero attached hydrogens (tertiary/aromatic N) is 2. The maximum atomic E-state index is 12.4. The van der Waals surface area contributed by atoms with E-state index in [2.05, 4.69) is 71.2 Å². The van der Waals surface area contributed by atoms with Crippen LogP contribution in [0.2, 0.25) is 0 Å². The van der Waals surface area contributed by atoms with E-state index < -0.39 is 35.0 Å². The minimum atomic E-state index is -0.879. The minimum absolute atomic E-state index is 0. The molecule has 8 fully saturated rings. The SMILES string of the molecule is C.CO[C@H]1C([C@]2(C)O[C@@H]2/C=C/C(C)C)[C@]2(CC[C@H]1OC(=O)N1CC(O)C1)CO2.CO[C@H]1C([C@]2(C)O[C@@H]2/C=C/C(C)C)[C@]2(CC[C@H]1OC(=O)Oc1ccc([N+](=O)[O-])cc1)CO2.ClCCl.OC1CNC1. The molecule has 1 amide bonds. The number of nitro benzene ring substituents is 1. The molecular formula is C48H73Cl2N3O15. The summed E-state index contributed by atoms with van der Waals surface area (Å²) in [4.78, 5) is 36.6. The number of alkyl halides is 2. The second-order valence-corrected chi connectivity index (χ2v) is 20.3. The third-order valence-corrected chi connectivity index (χ3v) is 13.8. The minimum Gasteiger partial charge on any atom is -0.443 e. The molecular weight excluding hydrogens is 929 g/mol. The summed E-state index contributed by atoms with van der Waals surface area (Å²) in [7, 11) is 3.26. The smallest absolute Gasteiger partial charge is 0.443 e. The molecule has 1 aromatic carbocycles. The molecule has 9 rings (SSSR count). The average Bonchev–Trinajstić information content (AvgIpc) is 4.14. The molecule has 12 atom stereocenters. The lowest BCUT2D eigenvalue weighted by atomic mass is 9.68. The van der Waals surface area contributed by atoms with Gasteiger partial charge in [-0.3, -0.25) is 10.1 Å². The third kappa shape index (κ3) is 13.2. The number of aliphatic hydroxyl groups is 2. The molecule has 0 aromatic heterocycles. The number of benzene rings is 1. The van der Waals surface area contributed by atoms with Crippen LogP contribution in [0.25, 0.3) is 0 Å². The van der Waals surface area contributed by atoms with E-state index in [-0.39, 0.29) is 89.5 Å². The van der Waals surface area contributed by atoms with Gasteiger partial charge >= 0.3 is 12.2 Å². The fraction of sp³-hybridized carbons (Fsp3) is 0.750. The van der Waals surface area contributed by atoms with Crippen LogP contribution in [0, 0.1) is 33.8 Å². The van der Waals surface area contributed by atoms with E-state index in [1.807, 2.05) is 0 Å². The fourth-order valence-electron chi connectivity index (χ4n) is 9.85. The lowest BCUT2D eigenvalue weighted by Gasteiger charge is -2.44. The highest BCUT2D eigenvalue weighted by Crippen LogP contribution is 2.60. The molecule has 2 spiro atoms. The first-order chi connectivity index (χ1) is 31.8. The van der Waals surface area contributed by atoms with Crippen molar-refractivity contribution in [2.75, 3.05) is 59.0 Å². The monoisotopic (exact) mass is 1000 g/mol. The molecule has 384 valence electrons. The molecule has 2 aliphatic carbocycles. The lowest BCUT2D eigenvalue weighted by Crippen LogP contribution is -2.58. The van der Waals surface area contributed by atoms with Gasteiger partial charge in [0, 0.05) is 39.4 Å². The van der Waals surface area contributed by atoms with Crippen LogP contribution < -0.4 is 10.1 Å². The number of ether oxygens (including phenoxy) is 9. The predicted molar refractivity (Wildman–Crippen MR) is 253 cm³/mol. The largest absolute Gasteiger partial charge is 0.514 e. The number of nitro groups is 1. The first kappa shape index (κ1) is 55.8. The van der Waals surface area contributed by atoms with Crippen molar-refractivity contribution in [3.63, 3.8) is 0 Å². The van der Waals surface area contributed by atoms with Gasteiger partial charge in [0.2, 0.25) is 0 Å². The summed E-state index contributed by atoms with van der Waals surface area (Å²) >= 11 is 9.53. The van der Waals surface area contributed by atoms with Crippen LogP contribution in [0.1, 0.15) is 74.7 Å². The number of carbonyl (C=O) groups is 2. The fourth-order valence-corrected chi connectivity index (χ4v) is 9.85. The molecule has 2 saturated carbocycles. The Morgan fingerprint density at radius 3 is 1.60 bits per heavy atom. The van der Waals surface area contributed by atoms with E-state index in [0.717, 1.165) is 25.9 Å². The van der Waals surface area contributed by atoms with Gasteiger partial charge in [-0.2, -0.15) is 0 Å². The molecule has 20 heteroatoms. The number of non-ortho nitro benzene ring substituents is 1.